The number of oxazole rings is 1. The maximum Gasteiger partial charge on any atom is 0.257 e. The molecule has 1 aromatic carbocycles. The fourth-order valence-electron chi connectivity index (χ4n) is 1.71. The highest BCUT2D eigenvalue weighted by Gasteiger charge is 2.16. The zero-order chi connectivity index (χ0) is 14.5. The molecule has 0 spiro atoms. The predicted molar refractivity (Wildman–Crippen MR) is 78.6 cm³/mol. The van der Waals surface area contributed by atoms with E-state index in [1.54, 1.807) is 0 Å². The lowest BCUT2D eigenvalue weighted by Gasteiger charge is -2.19. The van der Waals surface area contributed by atoms with Crippen LogP contribution in [-0.2, 0) is 4.79 Å². The van der Waals surface area contributed by atoms with Crippen molar-refractivity contribution in [2.75, 3.05) is 12.4 Å². The lowest BCUT2D eigenvalue weighted by atomic mass is 10.1. The maximum absolute atomic E-state index is 11.8. The van der Waals surface area contributed by atoms with Crippen molar-refractivity contribution in [3.63, 3.8) is 0 Å². The fraction of sp³-hybridized carbons (Fsp3) is 0.429. The van der Waals surface area contributed by atoms with Crippen LogP contribution in [0.25, 0.3) is 11.1 Å². The third-order valence-electron chi connectivity index (χ3n) is 2.95. The average Bonchev–Trinajstić information content (AvgIpc) is 2.85. The van der Waals surface area contributed by atoms with Crippen molar-refractivity contribution in [1.82, 2.24) is 10.3 Å². The molecular weight excluding hydrogens is 276 g/mol. The van der Waals surface area contributed by atoms with Crippen molar-refractivity contribution in [3.05, 3.63) is 24.3 Å². The summed E-state index contributed by atoms with van der Waals surface area (Å²) in [5.41, 5.74) is 1.50. The van der Waals surface area contributed by atoms with Crippen LogP contribution in [0, 0.1) is 5.92 Å². The molecule has 0 saturated heterocycles. The number of fused-ring (bicyclic) bond motifs is 1. The van der Waals surface area contributed by atoms with Crippen molar-refractivity contribution >= 4 is 28.8 Å². The van der Waals surface area contributed by atoms with Gasteiger partial charge in [0, 0.05) is 0 Å². The van der Waals surface area contributed by atoms with Gasteiger partial charge in [-0.05, 0) is 18.1 Å². The van der Waals surface area contributed by atoms with Gasteiger partial charge in [-0.3, -0.25) is 4.79 Å². The summed E-state index contributed by atoms with van der Waals surface area (Å²) >= 11 is 1.25. The Labute approximate surface area is 121 Å². The molecule has 0 aliphatic rings. The highest BCUT2D eigenvalue weighted by atomic mass is 32.2. The largest absolute Gasteiger partial charge is 0.431 e. The molecule has 1 aromatic heterocycles. The summed E-state index contributed by atoms with van der Waals surface area (Å²) in [6.07, 6.45) is 0. The van der Waals surface area contributed by atoms with Gasteiger partial charge in [0.25, 0.3) is 5.22 Å². The molecule has 1 amide bonds. The van der Waals surface area contributed by atoms with Gasteiger partial charge >= 0.3 is 0 Å². The molecule has 6 heteroatoms. The number of amides is 1. The standard InChI is InChI=1S/C14H18N2O3S/c1-9(2)11(7-17)15-13(18)8-20-14-16-10-5-3-4-6-12(10)19-14/h3-6,9,11,17H,7-8H2,1-2H3,(H,15,18). The molecule has 2 rings (SSSR count). The van der Waals surface area contributed by atoms with Crippen molar-refractivity contribution in [2.45, 2.75) is 25.1 Å². The Morgan fingerprint density at radius 3 is 2.85 bits per heavy atom. The molecule has 0 fully saturated rings. The number of rotatable bonds is 6. The summed E-state index contributed by atoms with van der Waals surface area (Å²) in [4.78, 5) is 16.1. The minimum Gasteiger partial charge on any atom is -0.431 e. The van der Waals surface area contributed by atoms with Gasteiger partial charge in [-0.1, -0.05) is 37.7 Å². The molecular formula is C14H18N2O3S. The molecule has 2 N–H and O–H groups in total. The Balaban J connectivity index is 1.89. The van der Waals surface area contributed by atoms with Gasteiger partial charge < -0.3 is 14.8 Å². The molecule has 0 bridgehead atoms. The van der Waals surface area contributed by atoms with Gasteiger partial charge in [0.1, 0.15) is 5.52 Å². The maximum atomic E-state index is 11.8. The first kappa shape index (κ1) is 14.9. The van der Waals surface area contributed by atoms with E-state index in [1.165, 1.54) is 11.8 Å². The monoisotopic (exact) mass is 294 g/mol. The lowest BCUT2D eigenvalue weighted by Crippen LogP contribution is -2.41. The number of aromatic nitrogens is 1. The molecule has 0 aliphatic carbocycles. The summed E-state index contributed by atoms with van der Waals surface area (Å²) in [6.45, 7) is 3.85. The second-order valence-corrected chi connectivity index (χ2v) is 5.76. The zero-order valence-corrected chi connectivity index (χ0v) is 12.3. The molecule has 0 radical (unpaired) electrons. The molecule has 2 aromatic rings. The summed E-state index contributed by atoms with van der Waals surface area (Å²) < 4.78 is 5.52. The zero-order valence-electron chi connectivity index (χ0n) is 11.5. The Bertz CT molecular complexity index is 550. The Morgan fingerprint density at radius 2 is 2.20 bits per heavy atom. The van der Waals surface area contributed by atoms with Crippen LogP contribution >= 0.6 is 11.8 Å². The summed E-state index contributed by atoms with van der Waals surface area (Å²) in [5.74, 6) is 0.277. The highest BCUT2D eigenvalue weighted by Crippen LogP contribution is 2.22. The van der Waals surface area contributed by atoms with Crippen molar-refractivity contribution < 1.29 is 14.3 Å². The van der Waals surface area contributed by atoms with Crippen molar-refractivity contribution in [1.29, 1.82) is 0 Å². The summed E-state index contributed by atoms with van der Waals surface area (Å²) in [6, 6.07) is 7.26. The molecule has 1 unspecified atom stereocenters. The number of aliphatic hydroxyl groups is 1. The number of thioether (sulfide) groups is 1. The number of para-hydroxylation sites is 2. The SMILES string of the molecule is CC(C)C(CO)NC(=O)CSc1nc2ccccc2o1. The van der Waals surface area contributed by atoms with Gasteiger partial charge in [-0.25, -0.2) is 4.98 Å². The van der Waals surface area contributed by atoms with E-state index in [0.29, 0.717) is 10.8 Å². The normalized spacial score (nSPS) is 12.8. The smallest absolute Gasteiger partial charge is 0.257 e. The van der Waals surface area contributed by atoms with Crippen LogP contribution in [0.3, 0.4) is 0 Å². The molecule has 1 heterocycles. The molecule has 5 nitrogen and oxygen atoms in total. The lowest BCUT2D eigenvalue weighted by molar-refractivity contribution is -0.119. The quantitative estimate of drug-likeness (QED) is 0.798. The van der Waals surface area contributed by atoms with Crippen LogP contribution in [0.4, 0.5) is 0 Å². The molecule has 108 valence electrons. The summed E-state index contributed by atoms with van der Waals surface area (Å²) in [7, 11) is 0. The van der Waals surface area contributed by atoms with Gasteiger partial charge in [0.15, 0.2) is 5.58 Å². The third-order valence-corrected chi connectivity index (χ3v) is 3.78. The number of hydrogen-bond acceptors (Lipinski definition) is 5. The van der Waals surface area contributed by atoms with Crippen LogP contribution in [0.1, 0.15) is 13.8 Å². The number of carbonyl (C=O) groups is 1. The van der Waals surface area contributed by atoms with E-state index in [2.05, 4.69) is 10.3 Å². The van der Waals surface area contributed by atoms with Crippen LogP contribution in [0.2, 0.25) is 0 Å². The van der Waals surface area contributed by atoms with Gasteiger partial charge in [0.2, 0.25) is 5.91 Å². The number of benzene rings is 1. The minimum absolute atomic E-state index is 0.0586. The fourth-order valence-corrected chi connectivity index (χ4v) is 2.36. The first-order chi connectivity index (χ1) is 9.60. The van der Waals surface area contributed by atoms with E-state index in [4.69, 9.17) is 4.42 Å². The van der Waals surface area contributed by atoms with Crippen LogP contribution < -0.4 is 5.32 Å². The first-order valence-electron chi connectivity index (χ1n) is 6.48. The van der Waals surface area contributed by atoms with Crippen LogP contribution in [0.15, 0.2) is 33.9 Å². The van der Waals surface area contributed by atoms with Gasteiger partial charge in [0.05, 0.1) is 18.4 Å². The second kappa shape index (κ2) is 6.76. The highest BCUT2D eigenvalue weighted by molar-refractivity contribution is 7.99. The van der Waals surface area contributed by atoms with E-state index >= 15 is 0 Å². The van der Waals surface area contributed by atoms with Gasteiger partial charge in [-0.2, -0.15) is 0 Å². The van der Waals surface area contributed by atoms with E-state index < -0.39 is 0 Å². The molecule has 20 heavy (non-hydrogen) atoms. The average molecular weight is 294 g/mol. The van der Waals surface area contributed by atoms with Crippen LogP contribution in [0.5, 0.6) is 0 Å². The minimum atomic E-state index is -0.216. The number of nitrogens with zero attached hydrogens (tertiary/aromatic N) is 1. The van der Waals surface area contributed by atoms with Crippen molar-refractivity contribution in [3.8, 4) is 0 Å². The first-order valence-corrected chi connectivity index (χ1v) is 7.47. The van der Waals surface area contributed by atoms with E-state index in [9.17, 15) is 9.90 Å². The Hall–Kier alpha value is -1.53. The molecule has 0 aliphatic heterocycles. The predicted octanol–water partition coefficient (Wildman–Crippen LogP) is 2.05. The molecule has 1 atom stereocenters. The number of hydrogen-bond donors (Lipinski definition) is 2. The topological polar surface area (TPSA) is 75.4 Å². The third kappa shape index (κ3) is 3.74. The Kier molecular flexibility index (Phi) is 5.03. The van der Waals surface area contributed by atoms with Crippen LogP contribution in [-0.4, -0.2) is 34.4 Å². The second-order valence-electron chi connectivity index (χ2n) is 4.84. The molecule has 0 saturated carbocycles. The summed E-state index contributed by atoms with van der Waals surface area (Å²) in [5, 5.41) is 12.4. The number of nitrogens with one attached hydrogen (secondary N) is 1. The van der Waals surface area contributed by atoms with E-state index in [0.717, 1.165) is 5.52 Å². The number of carbonyl (C=O) groups excluding carboxylic acids is 1. The number of aliphatic hydroxyl groups excluding tert-OH is 1. The van der Waals surface area contributed by atoms with Crippen molar-refractivity contribution in [2.24, 2.45) is 5.92 Å². The van der Waals surface area contributed by atoms with E-state index in [1.807, 2.05) is 38.1 Å². The van der Waals surface area contributed by atoms with E-state index in [-0.39, 0.29) is 30.2 Å². The Morgan fingerprint density at radius 1 is 1.45 bits per heavy atom. The van der Waals surface area contributed by atoms with Gasteiger partial charge in [-0.15, -0.1) is 0 Å².